The van der Waals surface area contributed by atoms with Crippen LogP contribution in [0, 0.1) is 6.92 Å². The Bertz CT molecular complexity index is 782. The quantitative estimate of drug-likeness (QED) is 0.875. The van der Waals surface area contributed by atoms with Gasteiger partial charge in [0.25, 0.3) is 0 Å². The number of carboxylic acids is 1. The van der Waals surface area contributed by atoms with Gasteiger partial charge < -0.3 is 10.8 Å². The van der Waals surface area contributed by atoms with E-state index in [1.165, 1.54) is 12.1 Å². The summed E-state index contributed by atoms with van der Waals surface area (Å²) in [5, 5.41) is 8.79. The summed E-state index contributed by atoms with van der Waals surface area (Å²) in [7, 11) is -3.58. The van der Waals surface area contributed by atoms with Crippen LogP contribution in [-0.2, 0) is 21.1 Å². The van der Waals surface area contributed by atoms with Crippen LogP contribution in [-0.4, -0.2) is 25.5 Å². The molecule has 0 bridgehead atoms. The van der Waals surface area contributed by atoms with Gasteiger partial charge in [-0.2, -0.15) is 0 Å². The summed E-state index contributed by atoms with van der Waals surface area (Å²) in [6.45, 7) is 1.74. The fraction of sp³-hybridized carbons (Fsp3) is 0.188. The van der Waals surface area contributed by atoms with Crippen molar-refractivity contribution in [2.75, 3.05) is 0 Å². The SMILES string of the molecule is Cc1ccccc1S(=O)(=O)c1ccc(C[C@H](N)C(=O)O)cc1. The predicted octanol–water partition coefficient (Wildman–Crippen LogP) is 1.78. The molecule has 0 radical (unpaired) electrons. The van der Waals surface area contributed by atoms with Crippen LogP contribution in [0.2, 0.25) is 0 Å². The van der Waals surface area contributed by atoms with Crippen molar-refractivity contribution in [1.29, 1.82) is 0 Å². The molecule has 0 aliphatic heterocycles. The lowest BCUT2D eigenvalue weighted by Crippen LogP contribution is -2.32. The molecule has 0 saturated heterocycles. The molecule has 22 heavy (non-hydrogen) atoms. The largest absolute Gasteiger partial charge is 0.480 e. The Kier molecular flexibility index (Phi) is 4.63. The van der Waals surface area contributed by atoms with Crippen molar-refractivity contribution in [3.8, 4) is 0 Å². The molecule has 2 aromatic rings. The average Bonchev–Trinajstić information content (AvgIpc) is 2.48. The normalized spacial score (nSPS) is 12.8. The highest BCUT2D eigenvalue weighted by Crippen LogP contribution is 2.24. The second-order valence-corrected chi connectivity index (χ2v) is 6.98. The van der Waals surface area contributed by atoms with Gasteiger partial charge in [0.15, 0.2) is 0 Å². The van der Waals surface area contributed by atoms with Gasteiger partial charge in [-0.15, -0.1) is 0 Å². The summed E-state index contributed by atoms with van der Waals surface area (Å²) in [6, 6.07) is 11.9. The van der Waals surface area contributed by atoms with E-state index in [0.717, 1.165) is 0 Å². The van der Waals surface area contributed by atoms with Crippen LogP contribution >= 0.6 is 0 Å². The van der Waals surface area contributed by atoms with Crippen LogP contribution in [0.4, 0.5) is 0 Å². The van der Waals surface area contributed by atoms with E-state index in [1.807, 2.05) is 0 Å². The number of benzene rings is 2. The lowest BCUT2D eigenvalue weighted by atomic mass is 10.1. The smallest absolute Gasteiger partial charge is 0.320 e. The topological polar surface area (TPSA) is 97.5 Å². The van der Waals surface area contributed by atoms with Gasteiger partial charge in [0.2, 0.25) is 9.84 Å². The first-order valence-corrected chi connectivity index (χ1v) is 8.19. The van der Waals surface area contributed by atoms with E-state index >= 15 is 0 Å². The van der Waals surface area contributed by atoms with Gasteiger partial charge in [-0.05, 0) is 42.7 Å². The molecule has 1 atom stereocenters. The molecule has 6 heteroatoms. The van der Waals surface area contributed by atoms with Crippen LogP contribution < -0.4 is 5.73 Å². The van der Waals surface area contributed by atoms with Crippen molar-refractivity contribution in [1.82, 2.24) is 0 Å². The molecule has 0 heterocycles. The van der Waals surface area contributed by atoms with Gasteiger partial charge in [0, 0.05) is 0 Å². The highest BCUT2D eigenvalue weighted by Gasteiger charge is 2.19. The maximum Gasteiger partial charge on any atom is 0.320 e. The lowest BCUT2D eigenvalue weighted by Gasteiger charge is -2.09. The molecule has 0 aliphatic carbocycles. The van der Waals surface area contributed by atoms with E-state index in [-0.39, 0.29) is 16.2 Å². The highest BCUT2D eigenvalue weighted by molar-refractivity contribution is 7.91. The fourth-order valence-corrected chi connectivity index (χ4v) is 3.63. The molecular weight excluding hydrogens is 302 g/mol. The minimum atomic E-state index is -3.58. The maximum absolute atomic E-state index is 12.6. The Morgan fingerprint density at radius 3 is 2.27 bits per heavy atom. The number of carboxylic acid groups (broad SMARTS) is 1. The predicted molar refractivity (Wildman–Crippen MR) is 82.4 cm³/mol. The molecule has 0 aliphatic rings. The monoisotopic (exact) mass is 319 g/mol. The number of aryl methyl sites for hydroxylation is 1. The number of aliphatic carboxylic acids is 1. The van der Waals surface area contributed by atoms with Crippen LogP contribution in [0.3, 0.4) is 0 Å². The van der Waals surface area contributed by atoms with E-state index in [0.29, 0.717) is 11.1 Å². The summed E-state index contributed by atoms with van der Waals surface area (Å²) in [6.07, 6.45) is 0.153. The second-order valence-electron chi connectivity index (χ2n) is 5.06. The number of carbonyl (C=O) groups is 1. The van der Waals surface area contributed by atoms with Crippen LogP contribution in [0.1, 0.15) is 11.1 Å². The fourth-order valence-electron chi connectivity index (χ4n) is 2.13. The Hall–Kier alpha value is -2.18. The average molecular weight is 319 g/mol. The van der Waals surface area contributed by atoms with Crippen LogP contribution in [0.15, 0.2) is 58.3 Å². The molecular formula is C16H17NO4S. The first-order valence-electron chi connectivity index (χ1n) is 6.70. The molecule has 2 rings (SSSR count). The van der Waals surface area contributed by atoms with Gasteiger partial charge in [-0.1, -0.05) is 30.3 Å². The third-order valence-electron chi connectivity index (χ3n) is 3.39. The molecule has 2 aromatic carbocycles. The minimum Gasteiger partial charge on any atom is -0.480 e. The standard InChI is InChI=1S/C16H17NO4S/c1-11-4-2-3-5-15(11)22(20,21)13-8-6-12(7-9-13)10-14(17)16(18)19/h2-9,14H,10,17H2,1H3,(H,18,19)/t14-/m0/s1. The number of hydrogen-bond acceptors (Lipinski definition) is 4. The highest BCUT2D eigenvalue weighted by atomic mass is 32.2. The Morgan fingerprint density at radius 1 is 1.14 bits per heavy atom. The number of hydrogen-bond donors (Lipinski definition) is 2. The first-order chi connectivity index (χ1) is 10.3. The first kappa shape index (κ1) is 16.2. The van der Waals surface area contributed by atoms with Gasteiger partial charge in [-0.25, -0.2) is 8.42 Å². The number of nitrogens with two attached hydrogens (primary N) is 1. The van der Waals surface area contributed by atoms with E-state index < -0.39 is 21.8 Å². The van der Waals surface area contributed by atoms with Crippen molar-refractivity contribution in [2.24, 2.45) is 5.73 Å². The molecule has 0 unspecified atom stereocenters. The molecule has 5 nitrogen and oxygen atoms in total. The minimum absolute atomic E-state index is 0.153. The van der Waals surface area contributed by atoms with Crippen molar-refractivity contribution < 1.29 is 18.3 Å². The maximum atomic E-state index is 12.6. The van der Waals surface area contributed by atoms with Gasteiger partial charge >= 0.3 is 5.97 Å². The third-order valence-corrected chi connectivity index (χ3v) is 5.32. The summed E-state index contributed by atoms with van der Waals surface area (Å²) in [5.74, 6) is -1.09. The molecule has 0 aromatic heterocycles. The summed E-state index contributed by atoms with van der Waals surface area (Å²) >= 11 is 0. The number of sulfone groups is 1. The Labute approximate surface area is 129 Å². The summed E-state index contributed by atoms with van der Waals surface area (Å²) in [5.41, 5.74) is 6.82. The zero-order valence-electron chi connectivity index (χ0n) is 12.1. The van der Waals surface area contributed by atoms with Crippen molar-refractivity contribution in [2.45, 2.75) is 29.2 Å². The van der Waals surface area contributed by atoms with Crippen molar-refractivity contribution in [3.05, 3.63) is 59.7 Å². The lowest BCUT2D eigenvalue weighted by molar-refractivity contribution is -0.138. The zero-order chi connectivity index (χ0) is 16.3. The molecule has 116 valence electrons. The van der Waals surface area contributed by atoms with E-state index in [9.17, 15) is 13.2 Å². The molecule has 3 N–H and O–H groups in total. The third kappa shape index (κ3) is 3.35. The van der Waals surface area contributed by atoms with Crippen molar-refractivity contribution in [3.63, 3.8) is 0 Å². The van der Waals surface area contributed by atoms with Gasteiger partial charge in [0.05, 0.1) is 9.79 Å². The van der Waals surface area contributed by atoms with Crippen molar-refractivity contribution >= 4 is 15.8 Å². The van der Waals surface area contributed by atoms with Gasteiger partial charge in [0.1, 0.15) is 6.04 Å². The van der Waals surface area contributed by atoms with E-state index in [1.54, 1.807) is 43.3 Å². The van der Waals surface area contributed by atoms with Crippen LogP contribution in [0.25, 0.3) is 0 Å². The Morgan fingerprint density at radius 2 is 1.73 bits per heavy atom. The van der Waals surface area contributed by atoms with Gasteiger partial charge in [-0.3, -0.25) is 4.79 Å². The molecule has 0 saturated carbocycles. The summed E-state index contributed by atoms with van der Waals surface area (Å²) < 4.78 is 25.2. The number of rotatable bonds is 5. The Balaban J connectivity index is 2.31. The molecule has 0 amide bonds. The second kappa shape index (κ2) is 6.29. The zero-order valence-corrected chi connectivity index (χ0v) is 12.9. The van der Waals surface area contributed by atoms with E-state index in [2.05, 4.69) is 0 Å². The molecule has 0 spiro atoms. The van der Waals surface area contributed by atoms with Crippen LogP contribution in [0.5, 0.6) is 0 Å². The van der Waals surface area contributed by atoms with E-state index in [4.69, 9.17) is 10.8 Å². The summed E-state index contributed by atoms with van der Waals surface area (Å²) in [4.78, 5) is 11.2. The molecule has 0 fully saturated rings.